The zero-order valence-corrected chi connectivity index (χ0v) is 27.8. The summed E-state index contributed by atoms with van der Waals surface area (Å²) in [4.78, 5) is 19.7. The van der Waals surface area contributed by atoms with Gasteiger partial charge < -0.3 is 24.8 Å². The van der Waals surface area contributed by atoms with Crippen molar-refractivity contribution in [2.75, 3.05) is 19.0 Å². The molecule has 0 saturated heterocycles. The van der Waals surface area contributed by atoms with E-state index in [0.29, 0.717) is 46.3 Å². The molecule has 0 unspecified atom stereocenters. The Morgan fingerprint density at radius 2 is 1.84 bits per heavy atom. The van der Waals surface area contributed by atoms with Crippen LogP contribution >= 0.6 is 35.4 Å². The highest BCUT2D eigenvalue weighted by Gasteiger charge is 2.22. The first kappa shape index (κ1) is 33.8. The SMILES string of the molecule is COc1ccc(NC(=S)N(Cc2cccc(Cl)c2Cl)C[C@H](CC(C)C)NC(=O)Cc2cncn2Cc2ccc(C#N)cc2)cc1. The number of rotatable bonds is 13. The Morgan fingerprint density at radius 1 is 1.11 bits per heavy atom. The van der Waals surface area contributed by atoms with Crippen molar-refractivity contribution in [3.05, 3.63) is 112 Å². The molecule has 234 valence electrons. The molecule has 11 heteroatoms. The van der Waals surface area contributed by atoms with Crippen molar-refractivity contribution in [3.63, 3.8) is 0 Å². The molecule has 1 heterocycles. The molecule has 45 heavy (non-hydrogen) atoms. The van der Waals surface area contributed by atoms with Crippen molar-refractivity contribution >= 4 is 52.1 Å². The standard InChI is InChI=1S/C34H36Cl2N6O2S/c1-23(2)15-28(39-32(43)16-29-18-38-22-42(29)19-25-9-7-24(17-37)8-10-25)21-41(20-26-5-4-6-31(35)33(26)36)34(45)40-27-11-13-30(44-3)14-12-27/h4-14,18,22-23,28H,15-16,19-21H2,1-3H3,(H,39,43)(H,40,45)/t28-/m0/s1. The Labute approximate surface area is 279 Å². The lowest BCUT2D eigenvalue weighted by atomic mass is 10.0. The van der Waals surface area contributed by atoms with E-state index in [0.717, 1.165) is 34.7 Å². The molecular weight excluding hydrogens is 627 g/mol. The third-order valence-corrected chi connectivity index (χ3v) is 8.38. The van der Waals surface area contributed by atoms with Crippen molar-refractivity contribution in [1.29, 1.82) is 5.26 Å². The molecule has 0 radical (unpaired) electrons. The zero-order valence-electron chi connectivity index (χ0n) is 25.5. The van der Waals surface area contributed by atoms with Gasteiger partial charge >= 0.3 is 0 Å². The monoisotopic (exact) mass is 662 g/mol. The van der Waals surface area contributed by atoms with Crippen LogP contribution in [0.4, 0.5) is 5.69 Å². The van der Waals surface area contributed by atoms with Gasteiger partial charge in [0, 0.05) is 43.3 Å². The number of amides is 1. The molecule has 8 nitrogen and oxygen atoms in total. The quantitative estimate of drug-likeness (QED) is 0.148. The number of halogens is 2. The predicted octanol–water partition coefficient (Wildman–Crippen LogP) is 7.09. The number of imidazole rings is 1. The van der Waals surface area contributed by atoms with E-state index in [2.05, 4.69) is 35.5 Å². The van der Waals surface area contributed by atoms with Gasteiger partial charge in [-0.2, -0.15) is 5.26 Å². The maximum absolute atomic E-state index is 13.4. The maximum atomic E-state index is 13.4. The van der Waals surface area contributed by atoms with Crippen LogP contribution in [0.3, 0.4) is 0 Å². The molecule has 0 aliphatic heterocycles. The van der Waals surface area contributed by atoms with Crippen molar-refractivity contribution in [3.8, 4) is 11.8 Å². The smallest absolute Gasteiger partial charge is 0.226 e. The number of nitriles is 1. The fourth-order valence-corrected chi connectivity index (χ4v) is 5.59. The van der Waals surface area contributed by atoms with Gasteiger partial charge in [0.05, 0.1) is 41.5 Å². The summed E-state index contributed by atoms with van der Waals surface area (Å²) >= 11 is 18.8. The van der Waals surface area contributed by atoms with Gasteiger partial charge in [-0.15, -0.1) is 0 Å². The highest BCUT2D eigenvalue weighted by atomic mass is 35.5. The average Bonchev–Trinajstić information content (AvgIpc) is 3.45. The molecule has 0 bridgehead atoms. The second-order valence-electron chi connectivity index (χ2n) is 11.1. The van der Waals surface area contributed by atoms with E-state index in [1.54, 1.807) is 37.8 Å². The van der Waals surface area contributed by atoms with E-state index >= 15 is 0 Å². The van der Waals surface area contributed by atoms with Crippen molar-refractivity contribution in [1.82, 2.24) is 19.8 Å². The number of anilines is 1. The average molecular weight is 664 g/mol. The summed E-state index contributed by atoms with van der Waals surface area (Å²) in [6.45, 7) is 5.63. The van der Waals surface area contributed by atoms with Crippen LogP contribution in [0.1, 0.15) is 42.7 Å². The molecule has 1 atom stereocenters. The number of carbonyl (C=O) groups is 1. The number of hydrogen-bond acceptors (Lipinski definition) is 5. The molecule has 4 rings (SSSR count). The number of nitrogens with zero attached hydrogens (tertiary/aromatic N) is 4. The molecule has 1 amide bonds. The summed E-state index contributed by atoms with van der Waals surface area (Å²) in [7, 11) is 1.62. The molecule has 1 aromatic heterocycles. The van der Waals surface area contributed by atoms with Crippen LogP contribution in [0, 0.1) is 17.2 Å². The predicted molar refractivity (Wildman–Crippen MR) is 184 cm³/mol. The largest absolute Gasteiger partial charge is 0.497 e. The van der Waals surface area contributed by atoms with E-state index in [-0.39, 0.29) is 18.4 Å². The van der Waals surface area contributed by atoms with Crippen molar-refractivity contribution in [2.45, 2.75) is 45.8 Å². The van der Waals surface area contributed by atoms with E-state index in [1.165, 1.54) is 0 Å². The lowest BCUT2D eigenvalue weighted by Crippen LogP contribution is -2.47. The number of methoxy groups -OCH3 is 1. The van der Waals surface area contributed by atoms with E-state index in [9.17, 15) is 4.79 Å². The van der Waals surface area contributed by atoms with Gasteiger partial charge in [-0.3, -0.25) is 4.79 Å². The fraction of sp³-hybridized carbons (Fsp3) is 0.294. The fourth-order valence-electron chi connectivity index (χ4n) is 4.95. The summed E-state index contributed by atoms with van der Waals surface area (Å²) in [5.41, 5.74) is 4.04. The minimum absolute atomic E-state index is 0.114. The van der Waals surface area contributed by atoms with Gasteiger partial charge in [0.25, 0.3) is 0 Å². The second-order valence-corrected chi connectivity index (χ2v) is 12.3. The van der Waals surface area contributed by atoms with Crippen molar-refractivity contribution < 1.29 is 9.53 Å². The Kier molecular flexibility index (Phi) is 12.2. The third kappa shape index (κ3) is 9.95. The first-order chi connectivity index (χ1) is 21.6. The molecule has 0 saturated carbocycles. The van der Waals surface area contributed by atoms with Gasteiger partial charge in [-0.25, -0.2) is 4.98 Å². The van der Waals surface area contributed by atoms with E-state index in [1.807, 2.05) is 58.0 Å². The lowest BCUT2D eigenvalue weighted by Gasteiger charge is -2.32. The van der Waals surface area contributed by atoms with Gasteiger partial charge in [0.1, 0.15) is 5.75 Å². The Balaban J connectivity index is 1.50. The summed E-state index contributed by atoms with van der Waals surface area (Å²) in [6.07, 6.45) is 4.33. The number of hydrogen-bond donors (Lipinski definition) is 2. The number of nitrogens with one attached hydrogen (secondary N) is 2. The Bertz CT molecular complexity index is 1630. The summed E-state index contributed by atoms with van der Waals surface area (Å²) in [6, 6.07) is 22.3. The summed E-state index contributed by atoms with van der Waals surface area (Å²) in [5, 5.41) is 17.1. The molecule has 0 spiro atoms. The summed E-state index contributed by atoms with van der Waals surface area (Å²) in [5.74, 6) is 0.945. The molecular formula is C34H36Cl2N6O2S. The van der Waals surface area contributed by atoms with Gasteiger partial charge in [0.15, 0.2) is 5.11 Å². The number of ether oxygens (including phenoxy) is 1. The molecule has 0 aliphatic rings. The minimum Gasteiger partial charge on any atom is -0.497 e. The zero-order chi connectivity index (χ0) is 32.3. The Hall–Kier alpha value is -4.10. The first-order valence-electron chi connectivity index (χ1n) is 14.6. The normalized spacial score (nSPS) is 11.5. The number of thiocarbonyl (C=S) groups is 1. The van der Waals surface area contributed by atoms with Crippen LogP contribution in [0.15, 0.2) is 79.3 Å². The van der Waals surface area contributed by atoms with Crippen LogP contribution in [-0.2, 0) is 24.3 Å². The Morgan fingerprint density at radius 3 is 2.51 bits per heavy atom. The topological polar surface area (TPSA) is 95.2 Å². The van der Waals surface area contributed by atoms with Crippen LogP contribution in [0.25, 0.3) is 0 Å². The highest BCUT2D eigenvalue weighted by molar-refractivity contribution is 7.80. The summed E-state index contributed by atoms with van der Waals surface area (Å²) < 4.78 is 7.22. The molecule has 0 aliphatic carbocycles. The van der Waals surface area contributed by atoms with Crippen LogP contribution < -0.4 is 15.4 Å². The van der Waals surface area contributed by atoms with Crippen LogP contribution in [0.2, 0.25) is 10.0 Å². The lowest BCUT2D eigenvalue weighted by molar-refractivity contribution is -0.121. The maximum Gasteiger partial charge on any atom is 0.226 e. The van der Waals surface area contributed by atoms with Gasteiger partial charge in [0.2, 0.25) is 5.91 Å². The molecule has 4 aromatic rings. The molecule has 0 fully saturated rings. The van der Waals surface area contributed by atoms with E-state index < -0.39 is 0 Å². The van der Waals surface area contributed by atoms with E-state index in [4.69, 9.17) is 45.4 Å². The second kappa shape index (κ2) is 16.3. The minimum atomic E-state index is -0.207. The molecule has 2 N–H and O–H groups in total. The van der Waals surface area contributed by atoms with Crippen molar-refractivity contribution in [2.24, 2.45) is 5.92 Å². The number of carbonyl (C=O) groups excluding carboxylic acids is 1. The molecule has 3 aromatic carbocycles. The first-order valence-corrected chi connectivity index (χ1v) is 15.7. The van der Waals surface area contributed by atoms with Crippen LogP contribution in [-0.4, -0.2) is 45.2 Å². The third-order valence-electron chi connectivity index (χ3n) is 7.16. The van der Waals surface area contributed by atoms with Gasteiger partial charge in [-0.05, 0) is 78.1 Å². The van der Waals surface area contributed by atoms with Crippen LogP contribution in [0.5, 0.6) is 5.75 Å². The highest BCUT2D eigenvalue weighted by Crippen LogP contribution is 2.27. The number of benzene rings is 3. The number of aromatic nitrogens is 2. The van der Waals surface area contributed by atoms with Gasteiger partial charge in [-0.1, -0.05) is 61.3 Å².